The molecule has 2 N–H and O–H groups in total. The van der Waals surface area contributed by atoms with E-state index in [4.69, 9.17) is 5.73 Å². The maximum Gasteiger partial charge on any atom is 0.0548 e. The first-order valence-corrected chi connectivity index (χ1v) is 17.5. The van der Waals surface area contributed by atoms with Crippen LogP contribution in [0.2, 0.25) is 0 Å². The molecule has 1 aliphatic heterocycles. The second kappa shape index (κ2) is 10.2. The van der Waals surface area contributed by atoms with Gasteiger partial charge in [0.1, 0.15) is 0 Å². The molecule has 4 aromatic carbocycles. The molecule has 4 heteroatoms. The van der Waals surface area contributed by atoms with Gasteiger partial charge in [-0.1, -0.05) is 91.2 Å². The highest BCUT2D eigenvalue weighted by molar-refractivity contribution is 8.00. The molecule has 0 spiro atoms. The van der Waals surface area contributed by atoms with Crippen molar-refractivity contribution in [3.8, 4) is 5.69 Å². The summed E-state index contributed by atoms with van der Waals surface area (Å²) < 4.78 is 4.98. The van der Waals surface area contributed by atoms with E-state index in [1.165, 1.54) is 65.7 Å². The van der Waals surface area contributed by atoms with Crippen molar-refractivity contribution >= 4 is 55.9 Å². The van der Waals surface area contributed by atoms with E-state index in [0.29, 0.717) is 23.0 Å². The lowest BCUT2D eigenvalue weighted by molar-refractivity contribution is 0.510. The number of benzene rings is 4. The van der Waals surface area contributed by atoms with Crippen LogP contribution in [0, 0.1) is 0 Å². The Balaban J connectivity index is 1.19. The van der Waals surface area contributed by atoms with Gasteiger partial charge in [-0.25, -0.2) is 0 Å². The van der Waals surface area contributed by atoms with Crippen LogP contribution in [-0.2, 0) is 6.42 Å². The first-order valence-electron chi connectivity index (χ1n) is 16.6. The second-order valence-electron chi connectivity index (χ2n) is 13.4. The Morgan fingerprint density at radius 1 is 0.809 bits per heavy atom. The minimum Gasteiger partial charge on any atom is -0.399 e. The highest BCUT2D eigenvalue weighted by Gasteiger charge is 2.38. The van der Waals surface area contributed by atoms with Crippen molar-refractivity contribution in [3.05, 3.63) is 155 Å². The van der Waals surface area contributed by atoms with Gasteiger partial charge in [0, 0.05) is 49.7 Å². The van der Waals surface area contributed by atoms with Crippen molar-refractivity contribution in [2.24, 2.45) is 0 Å². The maximum atomic E-state index is 6.57. The van der Waals surface area contributed by atoms with Crippen molar-refractivity contribution in [1.29, 1.82) is 0 Å². The quantitative estimate of drug-likeness (QED) is 0.157. The number of thioether (sulfide) groups is 1. The Morgan fingerprint density at radius 2 is 1.57 bits per heavy atom. The average Bonchev–Trinajstić information content (AvgIpc) is 3.76. The fourth-order valence-electron chi connectivity index (χ4n) is 8.84. The van der Waals surface area contributed by atoms with Crippen molar-refractivity contribution in [2.75, 3.05) is 5.73 Å². The minimum atomic E-state index is 0.324. The normalized spacial score (nSPS) is 22.3. The van der Waals surface area contributed by atoms with Gasteiger partial charge in [0.25, 0.3) is 0 Å². The lowest BCUT2D eigenvalue weighted by atomic mass is 9.76. The number of nitrogens with two attached hydrogens (primary N) is 1. The molecule has 0 saturated carbocycles. The summed E-state index contributed by atoms with van der Waals surface area (Å²) in [5, 5.41) is 4.46. The molecule has 4 aliphatic rings. The number of para-hydroxylation sites is 2. The zero-order chi connectivity index (χ0) is 31.2. The topological polar surface area (TPSA) is 35.9 Å². The van der Waals surface area contributed by atoms with E-state index in [0.717, 1.165) is 24.2 Å². The third kappa shape index (κ3) is 3.90. The Hall–Kier alpha value is -5.11. The molecule has 4 unspecified atom stereocenters. The molecule has 47 heavy (non-hydrogen) atoms. The monoisotopic (exact) mass is 623 g/mol. The molecule has 3 nitrogen and oxygen atoms in total. The molecule has 6 aromatic rings. The summed E-state index contributed by atoms with van der Waals surface area (Å²) in [5.74, 6) is 1.15. The second-order valence-corrected chi connectivity index (χ2v) is 14.6. The number of nitrogen functional groups attached to an aromatic ring is 1. The van der Waals surface area contributed by atoms with Gasteiger partial charge in [-0.15, -0.1) is 11.8 Å². The zero-order valence-corrected chi connectivity index (χ0v) is 27.0. The van der Waals surface area contributed by atoms with E-state index in [9.17, 15) is 0 Å². The van der Waals surface area contributed by atoms with Crippen molar-refractivity contribution in [3.63, 3.8) is 0 Å². The summed E-state index contributed by atoms with van der Waals surface area (Å²) in [4.78, 5) is 1.47. The molecule has 0 amide bonds. The van der Waals surface area contributed by atoms with Crippen LogP contribution in [0.5, 0.6) is 0 Å². The number of rotatable bonds is 3. The van der Waals surface area contributed by atoms with Gasteiger partial charge in [0.2, 0.25) is 0 Å². The van der Waals surface area contributed by atoms with Gasteiger partial charge in [0.15, 0.2) is 0 Å². The Labute approximate surface area is 278 Å². The van der Waals surface area contributed by atoms with E-state index in [2.05, 4.69) is 155 Å². The smallest absolute Gasteiger partial charge is 0.0548 e. The van der Waals surface area contributed by atoms with E-state index >= 15 is 0 Å². The fourth-order valence-corrected chi connectivity index (χ4v) is 10.3. The summed E-state index contributed by atoms with van der Waals surface area (Å²) in [6, 6.07) is 28.9. The van der Waals surface area contributed by atoms with Crippen LogP contribution in [-0.4, -0.2) is 14.4 Å². The van der Waals surface area contributed by atoms with E-state index in [-0.39, 0.29) is 0 Å². The third-order valence-electron chi connectivity index (χ3n) is 10.7. The van der Waals surface area contributed by atoms with Crippen molar-refractivity contribution in [2.45, 2.75) is 47.7 Å². The lowest BCUT2D eigenvalue weighted by Crippen LogP contribution is -2.19. The van der Waals surface area contributed by atoms with Gasteiger partial charge < -0.3 is 14.9 Å². The number of allylic oxidation sites excluding steroid dienone is 7. The summed E-state index contributed by atoms with van der Waals surface area (Å²) in [6.45, 7) is 2.45. The maximum absolute atomic E-state index is 6.57. The molecule has 0 radical (unpaired) electrons. The number of fused-ring (bicyclic) bond motifs is 10. The molecule has 2 aromatic heterocycles. The van der Waals surface area contributed by atoms with E-state index < -0.39 is 0 Å². The number of anilines is 1. The highest BCUT2D eigenvalue weighted by Crippen LogP contribution is 2.55. The first kappa shape index (κ1) is 27.0. The predicted molar refractivity (Wildman–Crippen MR) is 198 cm³/mol. The first-order chi connectivity index (χ1) is 23.2. The summed E-state index contributed by atoms with van der Waals surface area (Å²) in [7, 11) is 0. The molecular formula is C43H33N3S. The van der Waals surface area contributed by atoms with E-state index in [1.807, 2.05) is 6.08 Å². The van der Waals surface area contributed by atoms with E-state index in [1.54, 1.807) is 0 Å². The Morgan fingerprint density at radius 3 is 2.36 bits per heavy atom. The fraction of sp³-hybridized carbons (Fsp3) is 0.163. The van der Waals surface area contributed by atoms with Gasteiger partial charge in [-0.2, -0.15) is 0 Å². The molecule has 226 valence electrons. The Kier molecular flexibility index (Phi) is 5.87. The van der Waals surface area contributed by atoms with Crippen LogP contribution in [0.4, 0.5) is 5.69 Å². The van der Waals surface area contributed by atoms with Gasteiger partial charge in [-0.05, 0) is 83.9 Å². The van der Waals surface area contributed by atoms with Crippen LogP contribution >= 0.6 is 11.8 Å². The predicted octanol–water partition coefficient (Wildman–Crippen LogP) is 10.6. The van der Waals surface area contributed by atoms with Crippen LogP contribution in [0.1, 0.15) is 53.5 Å². The van der Waals surface area contributed by atoms with Crippen LogP contribution in [0.25, 0.3) is 44.1 Å². The van der Waals surface area contributed by atoms with Crippen LogP contribution in [0.15, 0.2) is 138 Å². The standard InChI is InChI=1S/C43H33N3S/c1-26-23-27(30-20-19-28(44)25-38(30)46-35-16-8-5-13-31(35)32-14-6-9-17-36(32)46)24-39-41(26)42-37(45(39)29-11-3-2-4-12-29)22-21-34-33-15-7-10-18-40(33)47-43(34)42/h3,5-22,25-27,33,40H,23-24,44H2,1H3. The number of aromatic nitrogens is 2. The molecule has 4 atom stereocenters. The third-order valence-corrected chi connectivity index (χ3v) is 12.1. The Bertz CT molecular complexity index is 2470. The SMILES string of the molecule is CC1CC(c2ccc(N)cc2-n2c3ccccc3c3ccccc32)Cc2c1c1c3c(ccc1n2C1=CC=C=C=C1)C1C=CC=CC1S3. The molecule has 0 fully saturated rings. The van der Waals surface area contributed by atoms with Crippen molar-refractivity contribution in [1.82, 2.24) is 9.13 Å². The molecule has 3 aliphatic carbocycles. The van der Waals surface area contributed by atoms with Crippen LogP contribution < -0.4 is 5.73 Å². The number of hydrogen-bond acceptors (Lipinski definition) is 2. The summed E-state index contributed by atoms with van der Waals surface area (Å²) in [6.07, 6.45) is 17.5. The van der Waals surface area contributed by atoms with Gasteiger partial charge in [0.05, 0.1) is 27.9 Å². The largest absolute Gasteiger partial charge is 0.399 e. The molecule has 3 heterocycles. The molecule has 0 saturated heterocycles. The average molecular weight is 624 g/mol. The lowest BCUT2D eigenvalue weighted by Gasteiger charge is -2.31. The molecule has 0 bridgehead atoms. The van der Waals surface area contributed by atoms with Crippen LogP contribution in [0.3, 0.4) is 0 Å². The molecular weight excluding hydrogens is 591 g/mol. The summed E-state index contributed by atoms with van der Waals surface area (Å²) in [5.41, 5.74) is 25.6. The summed E-state index contributed by atoms with van der Waals surface area (Å²) >= 11 is 2.05. The zero-order valence-electron chi connectivity index (χ0n) is 26.2. The molecule has 10 rings (SSSR count). The minimum absolute atomic E-state index is 0.324. The van der Waals surface area contributed by atoms with Crippen molar-refractivity contribution < 1.29 is 0 Å². The number of nitrogens with zero attached hydrogens (tertiary/aromatic N) is 2. The number of hydrogen-bond donors (Lipinski definition) is 1. The van der Waals surface area contributed by atoms with Gasteiger partial charge in [-0.3, -0.25) is 0 Å². The highest BCUT2D eigenvalue weighted by atomic mass is 32.2. The van der Waals surface area contributed by atoms with Gasteiger partial charge >= 0.3 is 0 Å².